The third-order valence-electron chi connectivity index (χ3n) is 4.08. The molecule has 1 atom stereocenters. The van der Waals surface area contributed by atoms with Gasteiger partial charge in [-0.15, -0.1) is 0 Å². The van der Waals surface area contributed by atoms with Crippen molar-refractivity contribution in [1.29, 1.82) is 0 Å². The SMILES string of the molecule is CCOC1CCN(CC2CCCCCN2)CC1. The summed E-state index contributed by atoms with van der Waals surface area (Å²) >= 11 is 0. The Balaban J connectivity index is 1.66. The summed E-state index contributed by atoms with van der Waals surface area (Å²) in [7, 11) is 0. The highest BCUT2D eigenvalue weighted by Crippen LogP contribution is 2.16. The molecule has 0 aromatic carbocycles. The number of likely N-dealkylation sites (tertiary alicyclic amines) is 1. The molecule has 0 spiro atoms. The molecule has 0 amide bonds. The molecular weight excluding hydrogens is 212 g/mol. The Bertz CT molecular complexity index is 194. The van der Waals surface area contributed by atoms with Gasteiger partial charge in [-0.1, -0.05) is 12.8 Å². The summed E-state index contributed by atoms with van der Waals surface area (Å²) in [5.74, 6) is 0. The predicted molar refractivity (Wildman–Crippen MR) is 71.3 cm³/mol. The maximum absolute atomic E-state index is 5.70. The van der Waals surface area contributed by atoms with Crippen molar-refractivity contribution < 1.29 is 4.74 Å². The topological polar surface area (TPSA) is 24.5 Å². The van der Waals surface area contributed by atoms with Crippen LogP contribution in [-0.2, 0) is 4.74 Å². The standard InChI is InChI=1S/C14H28N2O/c1-2-17-14-7-10-16(11-8-14)12-13-6-4-3-5-9-15-13/h13-15H,2-12H2,1H3. The minimum Gasteiger partial charge on any atom is -0.378 e. The Morgan fingerprint density at radius 3 is 2.71 bits per heavy atom. The summed E-state index contributed by atoms with van der Waals surface area (Å²) < 4.78 is 5.70. The van der Waals surface area contributed by atoms with Crippen molar-refractivity contribution in [2.24, 2.45) is 0 Å². The predicted octanol–water partition coefficient (Wildman–Crippen LogP) is 2.02. The van der Waals surface area contributed by atoms with Crippen LogP contribution in [0.5, 0.6) is 0 Å². The van der Waals surface area contributed by atoms with E-state index >= 15 is 0 Å². The molecule has 0 aliphatic carbocycles. The van der Waals surface area contributed by atoms with Gasteiger partial charge in [0.2, 0.25) is 0 Å². The van der Waals surface area contributed by atoms with Crippen LogP contribution in [0.2, 0.25) is 0 Å². The van der Waals surface area contributed by atoms with Crippen LogP contribution >= 0.6 is 0 Å². The molecule has 3 heteroatoms. The molecule has 2 fully saturated rings. The number of rotatable bonds is 4. The zero-order valence-corrected chi connectivity index (χ0v) is 11.3. The Morgan fingerprint density at radius 1 is 1.12 bits per heavy atom. The van der Waals surface area contributed by atoms with Gasteiger partial charge in [-0.05, 0) is 39.2 Å². The summed E-state index contributed by atoms with van der Waals surface area (Å²) in [4.78, 5) is 2.62. The number of nitrogens with one attached hydrogen (secondary N) is 1. The second-order valence-electron chi connectivity index (χ2n) is 5.46. The fourth-order valence-electron chi connectivity index (χ4n) is 3.06. The first-order chi connectivity index (χ1) is 8.38. The average molecular weight is 240 g/mol. The number of hydrogen-bond donors (Lipinski definition) is 1. The van der Waals surface area contributed by atoms with E-state index in [0.29, 0.717) is 6.10 Å². The van der Waals surface area contributed by atoms with E-state index in [-0.39, 0.29) is 0 Å². The lowest BCUT2D eigenvalue weighted by Gasteiger charge is -2.34. The van der Waals surface area contributed by atoms with E-state index in [1.54, 1.807) is 0 Å². The van der Waals surface area contributed by atoms with Crippen molar-refractivity contribution in [1.82, 2.24) is 10.2 Å². The van der Waals surface area contributed by atoms with Gasteiger partial charge in [0.1, 0.15) is 0 Å². The van der Waals surface area contributed by atoms with Crippen LogP contribution in [0.1, 0.15) is 45.4 Å². The van der Waals surface area contributed by atoms with Crippen LogP contribution in [0, 0.1) is 0 Å². The van der Waals surface area contributed by atoms with Crippen LogP contribution in [-0.4, -0.2) is 49.8 Å². The third-order valence-corrected chi connectivity index (χ3v) is 4.08. The highest BCUT2D eigenvalue weighted by Gasteiger charge is 2.22. The lowest BCUT2D eigenvalue weighted by molar-refractivity contribution is 0.0123. The first kappa shape index (κ1) is 13.3. The number of ether oxygens (including phenoxy) is 1. The van der Waals surface area contributed by atoms with E-state index in [9.17, 15) is 0 Å². The zero-order valence-electron chi connectivity index (χ0n) is 11.3. The highest BCUT2D eigenvalue weighted by atomic mass is 16.5. The fraction of sp³-hybridized carbons (Fsp3) is 1.00. The van der Waals surface area contributed by atoms with Crippen molar-refractivity contribution in [3.63, 3.8) is 0 Å². The summed E-state index contributed by atoms with van der Waals surface area (Å²) in [6.45, 7) is 7.89. The van der Waals surface area contributed by atoms with E-state index in [4.69, 9.17) is 4.74 Å². The van der Waals surface area contributed by atoms with Crippen LogP contribution in [0.3, 0.4) is 0 Å². The van der Waals surface area contributed by atoms with E-state index in [0.717, 1.165) is 12.6 Å². The summed E-state index contributed by atoms with van der Waals surface area (Å²) in [6.07, 6.45) is 8.52. The smallest absolute Gasteiger partial charge is 0.0599 e. The van der Waals surface area contributed by atoms with E-state index < -0.39 is 0 Å². The van der Waals surface area contributed by atoms with Crippen LogP contribution < -0.4 is 5.32 Å². The van der Waals surface area contributed by atoms with E-state index in [1.165, 1.54) is 64.7 Å². The molecule has 100 valence electrons. The van der Waals surface area contributed by atoms with Crippen molar-refractivity contribution >= 4 is 0 Å². The second kappa shape index (κ2) is 7.34. The van der Waals surface area contributed by atoms with Gasteiger partial charge >= 0.3 is 0 Å². The molecule has 0 saturated carbocycles. The van der Waals surface area contributed by atoms with E-state index in [1.807, 2.05) is 0 Å². The van der Waals surface area contributed by atoms with Gasteiger partial charge in [0.05, 0.1) is 6.10 Å². The molecule has 0 aromatic rings. The van der Waals surface area contributed by atoms with Crippen LogP contribution in [0.4, 0.5) is 0 Å². The summed E-state index contributed by atoms with van der Waals surface area (Å²) in [6, 6.07) is 0.737. The minimum absolute atomic E-state index is 0.526. The monoisotopic (exact) mass is 240 g/mol. The number of piperidine rings is 1. The molecule has 2 heterocycles. The zero-order chi connectivity index (χ0) is 11.9. The van der Waals surface area contributed by atoms with Gasteiger partial charge in [0.15, 0.2) is 0 Å². The fourth-order valence-corrected chi connectivity index (χ4v) is 3.06. The first-order valence-electron chi connectivity index (χ1n) is 7.46. The Hall–Kier alpha value is -0.120. The largest absolute Gasteiger partial charge is 0.378 e. The van der Waals surface area contributed by atoms with Gasteiger partial charge in [0.25, 0.3) is 0 Å². The van der Waals surface area contributed by atoms with Crippen LogP contribution in [0.25, 0.3) is 0 Å². The lowest BCUT2D eigenvalue weighted by Crippen LogP contribution is -2.45. The van der Waals surface area contributed by atoms with Crippen molar-refractivity contribution in [2.45, 2.75) is 57.6 Å². The van der Waals surface area contributed by atoms with Gasteiger partial charge in [-0.25, -0.2) is 0 Å². The molecule has 2 rings (SSSR count). The van der Waals surface area contributed by atoms with Gasteiger partial charge in [-0.3, -0.25) is 0 Å². The van der Waals surface area contributed by atoms with Crippen molar-refractivity contribution in [3.05, 3.63) is 0 Å². The number of hydrogen-bond acceptors (Lipinski definition) is 3. The van der Waals surface area contributed by atoms with Gasteiger partial charge in [-0.2, -0.15) is 0 Å². The molecule has 0 radical (unpaired) electrons. The number of nitrogens with zero attached hydrogens (tertiary/aromatic N) is 1. The normalized spacial score (nSPS) is 29.1. The molecular formula is C14H28N2O. The molecule has 2 saturated heterocycles. The third kappa shape index (κ3) is 4.57. The molecule has 1 unspecified atom stereocenters. The minimum atomic E-state index is 0.526. The highest BCUT2D eigenvalue weighted by molar-refractivity contribution is 4.79. The molecule has 0 aromatic heterocycles. The molecule has 2 aliphatic heterocycles. The molecule has 2 aliphatic rings. The lowest BCUT2D eigenvalue weighted by atomic mass is 10.1. The van der Waals surface area contributed by atoms with Crippen molar-refractivity contribution in [3.8, 4) is 0 Å². The maximum atomic E-state index is 5.70. The molecule has 3 nitrogen and oxygen atoms in total. The maximum Gasteiger partial charge on any atom is 0.0599 e. The van der Waals surface area contributed by atoms with E-state index in [2.05, 4.69) is 17.1 Å². The molecule has 0 bridgehead atoms. The Morgan fingerprint density at radius 2 is 1.94 bits per heavy atom. The van der Waals surface area contributed by atoms with Crippen molar-refractivity contribution in [2.75, 3.05) is 32.8 Å². The average Bonchev–Trinajstić information content (AvgIpc) is 2.61. The van der Waals surface area contributed by atoms with Gasteiger partial charge in [0, 0.05) is 32.3 Å². The Labute approximate surface area is 106 Å². The quantitative estimate of drug-likeness (QED) is 0.813. The first-order valence-corrected chi connectivity index (χ1v) is 7.46. The summed E-state index contributed by atoms with van der Waals surface area (Å²) in [5.41, 5.74) is 0. The molecule has 17 heavy (non-hydrogen) atoms. The molecule has 1 N–H and O–H groups in total. The second-order valence-corrected chi connectivity index (χ2v) is 5.46. The van der Waals surface area contributed by atoms with Gasteiger partial charge < -0.3 is 15.0 Å². The summed E-state index contributed by atoms with van der Waals surface area (Å²) in [5, 5.41) is 3.69. The Kier molecular flexibility index (Phi) is 5.75. The van der Waals surface area contributed by atoms with Crippen LogP contribution in [0.15, 0.2) is 0 Å².